The largest absolute Gasteiger partial charge is 0.493 e. The van der Waals surface area contributed by atoms with Gasteiger partial charge in [-0.15, -0.1) is 0 Å². The summed E-state index contributed by atoms with van der Waals surface area (Å²) in [6.45, 7) is 0.272. The van der Waals surface area contributed by atoms with Gasteiger partial charge in [0.15, 0.2) is 16.6 Å². The van der Waals surface area contributed by atoms with Crippen LogP contribution in [0.15, 0.2) is 40.9 Å². The lowest BCUT2D eigenvalue weighted by Gasteiger charge is -2.14. The van der Waals surface area contributed by atoms with Gasteiger partial charge in [0.25, 0.3) is 5.91 Å². The number of hydrogen-bond donors (Lipinski definition) is 3. The lowest BCUT2D eigenvalue weighted by Crippen LogP contribution is -2.43. The van der Waals surface area contributed by atoms with Crippen LogP contribution in [0.3, 0.4) is 0 Å². The summed E-state index contributed by atoms with van der Waals surface area (Å²) in [4.78, 5) is 11.7. The molecule has 0 unspecified atom stereocenters. The highest BCUT2D eigenvalue weighted by Crippen LogP contribution is 2.37. The second-order valence-electron chi connectivity index (χ2n) is 5.38. The zero-order valence-electron chi connectivity index (χ0n) is 14.6. The quantitative estimate of drug-likeness (QED) is 0.310. The summed E-state index contributed by atoms with van der Waals surface area (Å²) in [7, 11) is 1.53. The highest BCUT2D eigenvalue weighted by Gasteiger charge is 2.12. The predicted molar refractivity (Wildman–Crippen MR) is 119 cm³/mol. The number of rotatable bonds is 6. The molecule has 148 valence electrons. The Balaban J connectivity index is 2.12. The second kappa shape index (κ2) is 10.5. The Hall–Kier alpha value is -2.00. The van der Waals surface area contributed by atoms with Crippen molar-refractivity contribution in [1.82, 2.24) is 10.9 Å². The molecule has 0 fully saturated rings. The third-order valence-corrected chi connectivity index (χ3v) is 4.79. The van der Waals surface area contributed by atoms with Gasteiger partial charge in [-0.05, 0) is 69.6 Å². The Labute approximate surface area is 186 Å². The van der Waals surface area contributed by atoms with Crippen molar-refractivity contribution in [3.8, 4) is 11.5 Å². The molecule has 0 bridgehead atoms. The number of nitrogens with one attached hydrogen (secondary N) is 2. The van der Waals surface area contributed by atoms with Crippen molar-refractivity contribution in [2.75, 3.05) is 7.11 Å². The Kier molecular flexibility index (Phi) is 8.37. The third kappa shape index (κ3) is 6.56. The normalized spacial score (nSPS) is 10.6. The van der Waals surface area contributed by atoms with Crippen LogP contribution in [-0.2, 0) is 11.4 Å². The average molecular weight is 505 g/mol. The van der Waals surface area contributed by atoms with Gasteiger partial charge < -0.3 is 15.2 Å². The smallest absolute Gasteiger partial charge is 0.262 e. The number of methoxy groups -OCH3 is 1. The average Bonchev–Trinajstić information content (AvgIpc) is 2.66. The van der Waals surface area contributed by atoms with E-state index in [0.29, 0.717) is 26.0 Å². The lowest BCUT2D eigenvalue weighted by atomic mass is 10.2. The van der Waals surface area contributed by atoms with Crippen molar-refractivity contribution in [2.45, 2.75) is 6.61 Å². The molecule has 0 spiro atoms. The van der Waals surface area contributed by atoms with E-state index in [1.807, 2.05) is 6.07 Å². The zero-order valence-corrected chi connectivity index (χ0v) is 18.5. The molecule has 0 aliphatic heterocycles. The van der Waals surface area contributed by atoms with E-state index in [-0.39, 0.29) is 11.7 Å². The predicted octanol–water partition coefficient (Wildman–Crippen LogP) is 4.22. The number of ether oxygens (including phenoxy) is 2. The fraction of sp³-hybridized carbons (Fsp3) is 0.111. The number of carbonyl (C=O) groups is 1. The van der Waals surface area contributed by atoms with Gasteiger partial charge in [0.1, 0.15) is 6.61 Å². The monoisotopic (exact) mass is 503 g/mol. The Morgan fingerprint density at radius 3 is 2.64 bits per heavy atom. The molecule has 0 atom stereocenters. The van der Waals surface area contributed by atoms with E-state index < -0.39 is 5.91 Å². The van der Waals surface area contributed by atoms with Crippen LogP contribution in [0.1, 0.15) is 11.1 Å². The third-order valence-electron chi connectivity index (χ3n) is 3.36. The van der Waals surface area contributed by atoms with Crippen molar-refractivity contribution in [3.63, 3.8) is 0 Å². The maximum Gasteiger partial charge on any atom is 0.262 e. The van der Waals surface area contributed by atoms with E-state index in [1.54, 1.807) is 30.3 Å². The first-order valence-electron chi connectivity index (χ1n) is 7.78. The summed E-state index contributed by atoms with van der Waals surface area (Å²) in [5.41, 5.74) is 11.5. The number of hydrogen-bond acceptors (Lipinski definition) is 4. The molecular formula is C18H16BrCl2N3O3S. The van der Waals surface area contributed by atoms with Crippen LogP contribution in [0.5, 0.6) is 11.5 Å². The van der Waals surface area contributed by atoms with Crippen molar-refractivity contribution in [2.24, 2.45) is 5.73 Å². The van der Waals surface area contributed by atoms with Gasteiger partial charge in [-0.1, -0.05) is 29.3 Å². The molecule has 6 nitrogen and oxygen atoms in total. The van der Waals surface area contributed by atoms with E-state index in [9.17, 15) is 4.79 Å². The SMILES string of the molecule is COc1cc(/C=C/C(=O)NNC(N)=S)cc(Br)c1OCc1ccc(Cl)c(Cl)c1. The zero-order chi connectivity index (χ0) is 20.7. The molecule has 10 heteroatoms. The van der Waals surface area contributed by atoms with Gasteiger partial charge in [0.2, 0.25) is 0 Å². The molecule has 2 aromatic rings. The van der Waals surface area contributed by atoms with Crippen LogP contribution >= 0.6 is 51.3 Å². The minimum absolute atomic E-state index is 0.0327. The van der Waals surface area contributed by atoms with E-state index in [1.165, 1.54) is 13.2 Å². The molecule has 28 heavy (non-hydrogen) atoms. The van der Waals surface area contributed by atoms with Gasteiger partial charge in [-0.25, -0.2) is 0 Å². The maximum absolute atomic E-state index is 11.7. The lowest BCUT2D eigenvalue weighted by molar-refractivity contribution is -0.116. The highest BCUT2D eigenvalue weighted by molar-refractivity contribution is 9.10. The van der Waals surface area contributed by atoms with E-state index >= 15 is 0 Å². The topological polar surface area (TPSA) is 85.6 Å². The first kappa shape index (κ1) is 22.3. The number of thiocarbonyl (C=S) groups is 1. The number of amides is 1. The fourth-order valence-electron chi connectivity index (χ4n) is 2.10. The first-order valence-corrected chi connectivity index (χ1v) is 9.73. The van der Waals surface area contributed by atoms with Gasteiger partial charge in [-0.3, -0.25) is 15.6 Å². The van der Waals surface area contributed by atoms with Gasteiger partial charge >= 0.3 is 0 Å². The summed E-state index contributed by atoms with van der Waals surface area (Å²) in [5, 5.41) is 0.903. The molecule has 0 aromatic heterocycles. The van der Waals surface area contributed by atoms with Crippen LogP contribution in [0, 0.1) is 0 Å². The summed E-state index contributed by atoms with van der Waals surface area (Å²) in [6.07, 6.45) is 2.93. The number of halogens is 3. The minimum atomic E-state index is -0.414. The molecule has 0 radical (unpaired) electrons. The van der Waals surface area contributed by atoms with Crippen LogP contribution in [-0.4, -0.2) is 18.1 Å². The number of hydrazine groups is 1. The highest BCUT2D eigenvalue weighted by atomic mass is 79.9. The maximum atomic E-state index is 11.7. The molecule has 0 aliphatic carbocycles. The first-order chi connectivity index (χ1) is 13.3. The molecule has 0 heterocycles. The molecule has 1 amide bonds. The summed E-state index contributed by atoms with van der Waals surface area (Å²) in [6, 6.07) is 8.80. The number of nitrogens with two attached hydrogens (primary N) is 1. The molecule has 2 aromatic carbocycles. The Morgan fingerprint density at radius 2 is 2.00 bits per heavy atom. The van der Waals surface area contributed by atoms with Crippen LogP contribution < -0.4 is 26.1 Å². The van der Waals surface area contributed by atoms with Crippen LogP contribution in [0.25, 0.3) is 6.08 Å². The number of benzene rings is 2. The fourth-order valence-corrected chi connectivity index (χ4v) is 3.04. The Morgan fingerprint density at radius 1 is 1.25 bits per heavy atom. The van der Waals surface area contributed by atoms with E-state index in [0.717, 1.165) is 11.1 Å². The van der Waals surface area contributed by atoms with E-state index in [4.69, 9.17) is 38.4 Å². The number of carbonyl (C=O) groups excluding carboxylic acids is 1. The molecule has 0 saturated heterocycles. The summed E-state index contributed by atoms with van der Waals surface area (Å²) >= 11 is 20.0. The minimum Gasteiger partial charge on any atom is -0.493 e. The molecule has 0 saturated carbocycles. The summed E-state index contributed by atoms with van der Waals surface area (Å²) in [5.74, 6) is 0.601. The van der Waals surface area contributed by atoms with Crippen LogP contribution in [0.4, 0.5) is 0 Å². The van der Waals surface area contributed by atoms with Crippen LogP contribution in [0.2, 0.25) is 10.0 Å². The Bertz CT molecular complexity index is 925. The summed E-state index contributed by atoms with van der Waals surface area (Å²) < 4.78 is 11.9. The van der Waals surface area contributed by atoms with E-state index in [2.05, 4.69) is 39.0 Å². The standard InChI is InChI=1S/C18H16BrCl2N3O3S/c1-26-15-8-10(3-5-16(25)23-24-18(22)28)6-12(19)17(15)27-9-11-2-4-13(20)14(21)7-11/h2-8H,9H2,1H3,(H,23,25)(H3,22,24,28)/b5-3+. The van der Waals surface area contributed by atoms with Crippen molar-refractivity contribution >= 4 is 68.4 Å². The molecular weight excluding hydrogens is 489 g/mol. The van der Waals surface area contributed by atoms with Gasteiger partial charge in [-0.2, -0.15) is 0 Å². The van der Waals surface area contributed by atoms with Gasteiger partial charge in [0.05, 0.1) is 21.6 Å². The van der Waals surface area contributed by atoms with Crippen molar-refractivity contribution < 1.29 is 14.3 Å². The van der Waals surface area contributed by atoms with Gasteiger partial charge in [0, 0.05) is 6.08 Å². The van der Waals surface area contributed by atoms with Crippen molar-refractivity contribution in [3.05, 3.63) is 62.1 Å². The molecule has 2 rings (SSSR count). The molecule has 0 aliphatic rings. The second-order valence-corrected chi connectivity index (χ2v) is 7.49. The molecule has 4 N–H and O–H groups in total. The van der Waals surface area contributed by atoms with Crippen molar-refractivity contribution in [1.29, 1.82) is 0 Å².